The second kappa shape index (κ2) is 2.65. The molecule has 0 saturated heterocycles. The number of ether oxygens (including phenoxy) is 1. The molecule has 1 aliphatic rings. The number of hydrogen-bond donors (Lipinski definition) is 2. The van der Waals surface area contributed by atoms with Gasteiger partial charge >= 0.3 is 5.97 Å². The van der Waals surface area contributed by atoms with Crippen molar-refractivity contribution in [2.24, 2.45) is 0 Å². The lowest BCUT2D eigenvalue weighted by Gasteiger charge is -2.03. The van der Waals surface area contributed by atoms with Crippen molar-refractivity contribution < 1.29 is 19.7 Å². The third-order valence-corrected chi connectivity index (χ3v) is 2.01. The van der Waals surface area contributed by atoms with Gasteiger partial charge in [-0.05, 0) is 12.1 Å². The van der Waals surface area contributed by atoms with Gasteiger partial charge in [-0.1, -0.05) is 0 Å². The smallest absolute Gasteiger partial charge is 0.335 e. The summed E-state index contributed by atoms with van der Waals surface area (Å²) in [6.45, 7) is 0.506. The first kappa shape index (κ1) is 7.91. The van der Waals surface area contributed by atoms with Crippen LogP contribution in [0.5, 0.6) is 11.5 Å². The Bertz CT molecular complexity index is 370. The van der Waals surface area contributed by atoms with Gasteiger partial charge in [0.1, 0.15) is 0 Å². The lowest BCUT2D eigenvalue weighted by Crippen LogP contribution is -1.96. The number of carbonyl (C=O) groups is 1. The summed E-state index contributed by atoms with van der Waals surface area (Å²) in [5, 5.41) is 18.1. The normalized spacial score (nSPS) is 13.5. The van der Waals surface area contributed by atoms with Crippen LogP contribution in [-0.4, -0.2) is 22.8 Å². The number of phenols is 1. The molecule has 1 aliphatic heterocycles. The number of hydrogen-bond acceptors (Lipinski definition) is 3. The molecule has 4 heteroatoms. The van der Waals surface area contributed by atoms with Gasteiger partial charge in [0.2, 0.25) is 0 Å². The Morgan fingerprint density at radius 3 is 2.92 bits per heavy atom. The Kier molecular flexibility index (Phi) is 1.62. The molecular formula is C9H8O4. The van der Waals surface area contributed by atoms with Gasteiger partial charge in [-0.15, -0.1) is 0 Å². The number of aromatic hydroxyl groups is 1. The van der Waals surface area contributed by atoms with Crippen LogP contribution < -0.4 is 4.74 Å². The second-order valence-corrected chi connectivity index (χ2v) is 2.89. The van der Waals surface area contributed by atoms with Crippen LogP contribution in [-0.2, 0) is 6.42 Å². The number of phenolic OH excluding ortho intramolecular Hbond substituents is 1. The van der Waals surface area contributed by atoms with Crippen LogP contribution in [0, 0.1) is 0 Å². The zero-order valence-corrected chi connectivity index (χ0v) is 6.78. The molecule has 0 saturated carbocycles. The molecule has 13 heavy (non-hydrogen) atoms. The summed E-state index contributed by atoms with van der Waals surface area (Å²) in [5.74, 6) is -0.706. The highest BCUT2D eigenvalue weighted by atomic mass is 16.5. The minimum atomic E-state index is -1.04. The zero-order chi connectivity index (χ0) is 9.42. The number of carboxylic acids is 1. The number of fused-ring (bicyclic) bond motifs is 1. The van der Waals surface area contributed by atoms with Crippen molar-refractivity contribution in [1.29, 1.82) is 0 Å². The lowest BCUT2D eigenvalue weighted by molar-refractivity contribution is 0.0696. The summed E-state index contributed by atoms with van der Waals surface area (Å²) in [4.78, 5) is 10.6. The molecule has 1 aromatic carbocycles. The van der Waals surface area contributed by atoms with Gasteiger partial charge in [0.15, 0.2) is 11.5 Å². The van der Waals surface area contributed by atoms with Crippen LogP contribution in [0.25, 0.3) is 0 Å². The van der Waals surface area contributed by atoms with Crippen LogP contribution >= 0.6 is 0 Å². The molecule has 1 heterocycles. The Morgan fingerprint density at radius 1 is 1.46 bits per heavy atom. The maximum Gasteiger partial charge on any atom is 0.335 e. The van der Waals surface area contributed by atoms with Crippen molar-refractivity contribution >= 4 is 5.97 Å². The minimum Gasteiger partial charge on any atom is -0.504 e. The molecule has 2 rings (SSSR count). The SMILES string of the molecule is O=C(O)c1cc(O)c2c(c1)CCO2. The maximum absolute atomic E-state index is 10.6. The van der Waals surface area contributed by atoms with E-state index in [-0.39, 0.29) is 11.3 Å². The third kappa shape index (κ3) is 1.20. The van der Waals surface area contributed by atoms with Crippen LogP contribution in [0.4, 0.5) is 0 Å². The first-order valence-electron chi connectivity index (χ1n) is 3.90. The fourth-order valence-electron chi connectivity index (χ4n) is 1.41. The van der Waals surface area contributed by atoms with E-state index >= 15 is 0 Å². The average Bonchev–Trinajstić information content (AvgIpc) is 2.51. The van der Waals surface area contributed by atoms with E-state index in [0.717, 1.165) is 5.56 Å². The van der Waals surface area contributed by atoms with Crippen molar-refractivity contribution in [3.8, 4) is 11.5 Å². The van der Waals surface area contributed by atoms with E-state index in [4.69, 9.17) is 9.84 Å². The average molecular weight is 180 g/mol. The van der Waals surface area contributed by atoms with Crippen molar-refractivity contribution in [2.75, 3.05) is 6.61 Å². The fraction of sp³-hybridized carbons (Fsp3) is 0.222. The third-order valence-electron chi connectivity index (χ3n) is 2.01. The first-order valence-corrected chi connectivity index (χ1v) is 3.90. The van der Waals surface area contributed by atoms with Gasteiger partial charge < -0.3 is 14.9 Å². The van der Waals surface area contributed by atoms with Gasteiger partial charge in [0, 0.05) is 12.0 Å². The van der Waals surface area contributed by atoms with E-state index < -0.39 is 5.97 Å². The molecule has 0 aliphatic carbocycles. The molecule has 0 spiro atoms. The topological polar surface area (TPSA) is 66.8 Å². The van der Waals surface area contributed by atoms with E-state index in [0.29, 0.717) is 18.8 Å². The van der Waals surface area contributed by atoms with Crippen LogP contribution in [0.3, 0.4) is 0 Å². The Labute approximate surface area is 74.4 Å². The number of aromatic carboxylic acids is 1. The summed E-state index contributed by atoms with van der Waals surface area (Å²) in [7, 11) is 0. The van der Waals surface area contributed by atoms with E-state index in [2.05, 4.69) is 0 Å². The predicted molar refractivity (Wildman–Crippen MR) is 44.3 cm³/mol. The Balaban J connectivity index is 2.55. The van der Waals surface area contributed by atoms with Crippen LogP contribution in [0.1, 0.15) is 15.9 Å². The van der Waals surface area contributed by atoms with Crippen molar-refractivity contribution in [3.05, 3.63) is 23.3 Å². The molecule has 0 fully saturated rings. The van der Waals surface area contributed by atoms with Gasteiger partial charge in [-0.25, -0.2) is 4.79 Å². The van der Waals surface area contributed by atoms with Gasteiger partial charge in [0.05, 0.1) is 12.2 Å². The molecule has 4 nitrogen and oxygen atoms in total. The maximum atomic E-state index is 10.6. The molecule has 0 unspecified atom stereocenters. The minimum absolute atomic E-state index is 0.0904. The first-order chi connectivity index (χ1) is 6.18. The van der Waals surface area contributed by atoms with E-state index in [1.807, 2.05) is 0 Å². The standard InChI is InChI=1S/C9H8O4/c10-7-4-6(9(11)12)3-5-1-2-13-8(5)7/h3-4,10H,1-2H2,(H,11,12). The van der Waals surface area contributed by atoms with Crippen molar-refractivity contribution in [1.82, 2.24) is 0 Å². The quantitative estimate of drug-likeness (QED) is 0.677. The second-order valence-electron chi connectivity index (χ2n) is 2.89. The monoisotopic (exact) mass is 180 g/mol. The van der Waals surface area contributed by atoms with Crippen LogP contribution in [0.2, 0.25) is 0 Å². The summed E-state index contributed by atoms with van der Waals surface area (Å²) in [5.41, 5.74) is 0.860. The van der Waals surface area contributed by atoms with Gasteiger partial charge in [-0.2, -0.15) is 0 Å². The number of carboxylic acid groups (broad SMARTS) is 1. The summed E-state index contributed by atoms with van der Waals surface area (Å²) >= 11 is 0. The van der Waals surface area contributed by atoms with E-state index in [9.17, 15) is 9.90 Å². The highest BCUT2D eigenvalue weighted by Gasteiger charge is 2.19. The molecule has 1 aromatic rings. The van der Waals surface area contributed by atoms with Crippen molar-refractivity contribution in [2.45, 2.75) is 6.42 Å². The number of rotatable bonds is 1. The fourth-order valence-corrected chi connectivity index (χ4v) is 1.41. The molecule has 0 amide bonds. The molecule has 2 N–H and O–H groups in total. The molecule has 0 bridgehead atoms. The van der Waals surface area contributed by atoms with E-state index in [1.54, 1.807) is 0 Å². The largest absolute Gasteiger partial charge is 0.504 e. The highest BCUT2D eigenvalue weighted by Crippen LogP contribution is 2.35. The van der Waals surface area contributed by atoms with Crippen molar-refractivity contribution in [3.63, 3.8) is 0 Å². The van der Waals surface area contributed by atoms with Crippen LogP contribution in [0.15, 0.2) is 12.1 Å². The Hall–Kier alpha value is -1.71. The van der Waals surface area contributed by atoms with Gasteiger partial charge in [0.25, 0.3) is 0 Å². The number of benzene rings is 1. The summed E-state index contributed by atoms with van der Waals surface area (Å²) in [6.07, 6.45) is 0.657. The summed E-state index contributed by atoms with van der Waals surface area (Å²) in [6, 6.07) is 2.73. The molecule has 68 valence electrons. The molecule has 0 aromatic heterocycles. The highest BCUT2D eigenvalue weighted by molar-refractivity contribution is 5.89. The predicted octanol–water partition coefficient (Wildman–Crippen LogP) is 1.03. The Morgan fingerprint density at radius 2 is 2.23 bits per heavy atom. The summed E-state index contributed by atoms with van der Waals surface area (Å²) < 4.78 is 5.12. The molecule has 0 radical (unpaired) electrons. The zero-order valence-electron chi connectivity index (χ0n) is 6.78. The molecule has 0 atom stereocenters. The molecular weight excluding hydrogens is 172 g/mol. The lowest BCUT2D eigenvalue weighted by atomic mass is 10.1. The van der Waals surface area contributed by atoms with Gasteiger partial charge in [-0.3, -0.25) is 0 Å². The van der Waals surface area contributed by atoms with E-state index in [1.165, 1.54) is 12.1 Å².